The largest absolute Gasteiger partial charge is 0.327 e. The van der Waals surface area contributed by atoms with Gasteiger partial charge in [0.05, 0.1) is 0 Å². The number of pyridine rings is 1. The zero-order chi connectivity index (χ0) is 12.4. The standard InChI is InChI=1S/C15H24N2/c1-10(2)12-4-5-15(16)13(8-12)14-9-17-7-6-11(14)3/h6-7,9-10,12-13,15H,4-5,8,16H2,1-3H3. The van der Waals surface area contributed by atoms with E-state index in [1.54, 1.807) is 0 Å². The van der Waals surface area contributed by atoms with E-state index in [2.05, 4.69) is 31.8 Å². The van der Waals surface area contributed by atoms with E-state index in [1.165, 1.54) is 24.0 Å². The highest BCUT2D eigenvalue weighted by molar-refractivity contribution is 5.27. The van der Waals surface area contributed by atoms with E-state index in [0.29, 0.717) is 12.0 Å². The van der Waals surface area contributed by atoms with E-state index in [4.69, 9.17) is 5.73 Å². The summed E-state index contributed by atoms with van der Waals surface area (Å²) >= 11 is 0. The Balaban J connectivity index is 2.21. The monoisotopic (exact) mass is 232 g/mol. The predicted molar refractivity (Wildman–Crippen MR) is 71.9 cm³/mol. The third kappa shape index (κ3) is 2.68. The van der Waals surface area contributed by atoms with E-state index in [9.17, 15) is 0 Å². The summed E-state index contributed by atoms with van der Waals surface area (Å²) < 4.78 is 0. The molecular weight excluding hydrogens is 208 g/mol. The summed E-state index contributed by atoms with van der Waals surface area (Å²) in [7, 11) is 0. The first kappa shape index (κ1) is 12.6. The molecule has 2 nitrogen and oxygen atoms in total. The summed E-state index contributed by atoms with van der Waals surface area (Å²) in [6.07, 6.45) is 7.55. The molecule has 0 spiro atoms. The van der Waals surface area contributed by atoms with Gasteiger partial charge in [-0.3, -0.25) is 4.98 Å². The minimum absolute atomic E-state index is 0.313. The molecular formula is C15H24N2. The number of aryl methyl sites for hydroxylation is 1. The van der Waals surface area contributed by atoms with Crippen molar-refractivity contribution in [2.45, 2.75) is 52.0 Å². The quantitative estimate of drug-likeness (QED) is 0.850. The van der Waals surface area contributed by atoms with Gasteiger partial charge >= 0.3 is 0 Å². The zero-order valence-corrected chi connectivity index (χ0v) is 11.2. The van der Waals surface area contributed by atoms with Crippen molar-refractivity contribution in [3.8, 4) is 0 Å². The molecule has 0 aliphatic heterocycles. The predicted octanol–water partition coefficient (Wildman–Crippen LogP) is 3.26. The number of hydrogen-bond acceptors (Lipinski definition) is 2. The third-order valence-electron chi connectivity index (χ3n) is 4.37. The van der Waals surface area contributed by atoms with Crippen molar-refractivity contribution in [2.75, 3.05) is 0 Å². The Labute approximate surface area is 105 Å². The molecule has 3 atom stereocenters. The van der Waals surface area contributed by atoms with E-state index < -0.39 is 0 Å². The van der Waals surface area contributed by atoms with Crippen LogP contribution in [0.25, 0.3) is 0 Å². The van der Waals surface area contributed by atoms with Crippen LogP contribution >= 0.6 is 0 Å². The lowest BCUT2D eigenvalue weighted by Gasteiger charge is -2.36. The fourth-order valence-electron chi connectivity index (χ4n) is 3.05. The van der Waals surface area contributed by atoms with Crippen LogP contribution in [0.5, 0.6) is 0 Å². The van der Waals surface area contributed by atoms with Crippen molar-refractivity contribution in [1.29, 1.82) is 0 Å². The van der Waals surface area contributed by atoms with Crippen molar-refractivity contribution in [3.63, 3.8) is 0 Å². The van der Waals surface area contributed by atoms with Crippen LogP contribution in [0.3, 0.4) is 0 Å². The average molecular weight is 232 g/mol. The van der Waals surface area contributed by atoms with Gasteiger partial charge in [-0.15, -0.1) is 0 Å². The van der Waals surface area contributed by atoms with Gasteiger partial charge in [0, 0.05) is 24.4 Å². The van der Waals surface area contributed by atoms with Gasteiger partial charge in [0.1, 0.15) is 0 Å². The Hall–Kier alpha value is -0.890. The highest BCUT2D eigenvalue weighted by Gasteiger charge is 2.31. The maximum absolute atomic E-state index is 6.31. The molecule has 1 aromatic heterocycles. The Kier molecular flexibility index (Phi) is 3.82. The van der Waals surface area contributed by atoms with Gasteiger partial charge in [0.15, 0.2) is 0 Å². The van der Waals surface area contributed by atoms with Crippen LogP contribution in [0.2, 0.25) is 0 Å². The lowest BCUT2D eigenvalue weighted by molar-refractivity contribution is 0.232. The van der Waals surface area contributed by atoms with Gasteiger partial charge in [-0.1, -0.05) is 13.8 Å². The van der Waals surface area contributed by atoms with Crippen molar-refractivity contribution < 1.29 is 0 Å². The molecule has 0 bridgehead atoms. The first-order valence-electron chi connectivity index (χ1n) is 6.75. The molecule has 3 unspecified atom stereocenters. The van der Waals surface area contributed by atoms with Crippen LogP contribution in [0.1, 0.15) is 50.2 Å². The van der Waals surface area contributed by atoms with Crippen LogP contribution in [-0.4, -0.2) is 11.0 Å². The van der Waals surface area contributed by atoms with Gasteiger partial charge in [0.2, 0.25) is 0 Å². The summed E-state index contributed by atoms with van der Waals surface area (Å²) in [6.45, 7) is 6.83. The topological polar surface area (TPSA) is 38.9 Å². The van der Waals surface area contributed by atoms with Crippen LogP contribution in [-0.2, 0) is 0 Å². The maximum Gasteiger partial charge on any atom is 0.0305 e. The number of aromatic nitrogens is 1. The van der Waals surface area contributed by atoms with Crippen LogP contribution in [0, 0.1) is 18.8 Å². The Bertz CT molecular complexity index is 373. The summed E-state index contributed by atoms with van der Waals surface area (Å²) in [5.41, 5.74) is 9.02. The van der Waals surface area contributed by atoms with E-state index >= 15 is 0 Å². The number of nitrogens with zero attached hydrogens (tertiary/aromatic N) is 1. The molecule has 94 valence electrons. The van der Waals surface area contributed by atoms with E-state index in [0.717, 1.165) is 18.3 Å². The van der Waals surface area contributed by atoms with E-state index in [1.807, 2.05) is 12.4 Å². The molecule has 0 amide bonds. The first-order chi connectivity index (χ1) is 8.09. The summed E-state index contributed by atoms with van der Waals surface area (Å²) in [4.78, 5) is 4.27. The second-order valence-electron chi connectivity index (χ2n) is 5.82. The SMILES string of the molecule is Cc1ccncc1C1CC(C(C)C)CCC1N. The van der Waals surface area contributed by atoms with Gasteiger partial charge in [-0.05, 0) is 55.2 Å². The van der Waals surface area contributed by atoms with Gasteiger partial charge < -0.3 is 5.73 Å². The second kappa shape index (κ2) is 5.18. The first-order valence-corrected chi connectivity index (χ1v) is 6.75. The minimum atomic E-state index is 0.313. The molecule has 17 heavy (non-hydrogen) atoms. The molecule has 2 rings (SSSR count). The Morgan fingerprint density at radius 1 is 1.35 bits per heavy atom. The normalized spacial score (nSPS) is 29.6. The average Bonchev–Trinajstić information content (AvgIpc) is 2.30. The summed E-state index contributed by atoms with van der Waals surface area (Å²) in [5, 5.41) is 0. The Morgan fingerprint density at radius 2 is 2.12 bits per heavy atom. The molecule has 2 heteroatoms. The fourth-order valence-corrected chi connectivity index (χ4v) is 3.05. The lowest BCUT2D eigenvalue weighted by Crippen LogP contribution is -2.36. The highest BCUT2D eigenvalue weighted by Crippen LogP contribution is 2.39. The number of hydrogen-bond donors (Lipinski definition) is 1. The zero-order valence-electron chi connectivity index (χ0n) is 11.2. The van der Waals surface area contributed by atoms with Crippen molar-refractivity contribution >= 4 is 0 Å². The number of rotatable bonds is 2. The highest BCUT2D eigenvalue weighted by atomic mass is 14.7. The molecule has 1 aromatic rings. The number of nitrogens with two attached hydrogens (primary N) is 1. The van der Waals surface area contributed by atoms with Crippen molar-refractivity contribution in [2.24, 2.45) is 17.6 Å². The molecule has 0 aromatic carbocycles. The van der Waals surface area contributed by atoms with Crippen molar-refractivity contribution in [1.82, 2.24) is 4.98 Å². The van der Waals surface area contributed by atoms with E-state index in [-0.39, 0.29) is 0 Å². The molecule has 1 heterocycles. The van der Waals surface area contributed by atoms with Gasteiger partial charge in [0.25, 0.3) is 0 Å². The molecule has 1 aliphatic rings. The lowest BCUT2D eigenvalue weighted by atomic mass is 9.71. The molecule has 1 saturated carbocycles. The fraction of sp³-hybridized carbons (Fsp3) is 0.667. The summed E-state index contributed by atoms with van der Waals surface area (Å²) in [5.74, 6) is 2.09. The van der Waals surface area contributed by atoms with Gasteiger partial charge in [-0.2, -0.15) is 0 Å². The molecule has 0 saturated heterocycles. The van der Waals surface area contributed by atoms with Crippen LogP contribution < -0.4 is 5.73 Å². The maximum atomic E-state index is 6.31. The second-order valence-corrected chi connectivity index (χ2v) is 5.82. The minimum Gasteiger partial charge on any atom is -0.327 e. The summed E-state index contributed by atoms with van der Waals surface area (Å²) in [6, 6.07) is 2.41. The van der Waals surface area contributed by atoms with Crippen molar-refractivity contribution in [3.05, 3.63) is 29.6 Å². The van der Waals surface area contributed by atoms with Crippen LogP contribution in [0.4, 0.5) is 0 Å². The van der Waals surface area contributed by atoms with Crippen LogP contribution in [0.15, 0.2) is 18.5 Å². The van der Waals surface area contributed by atoms with Gasteiger partial charge in [-0.25, -0.2) is 0 Å². The smallest absolute Gasteiger partial charge is 0.0305 e. The molecule has 2 N–H and O–H groups in total. The molecule has 1 fully saturated rings. The molecule has 1 aliphatic carbocycles. The third-order valence-corrected chi connectivity index (χ3v) is 4.37. The Morgan fingerprint density at radius 3 is 2.76 bits per heavy atom. The molecule has 0 radical (unpaired) electrons.